The molecule has 0 heterocycles. The first-order valence-corrected chi connectivity index (χ1v) is 6.20. The van der Waals surface area contributed by atoms with E-state index in [1.54, 1.807) is 0 Å². The van der Waals surface area contributed by atoms with Gasteiger partial charge in [-0.25, -0.2) is 0 Å². The Bertz CT molecular complexity index is 208. The topological polar surface area (TPSA) is 52.3 Å². The first-order valence-electron chi connectivity index (χ1n) is 6.20. The average Bonchev–Trinajstić information content (AvgIpc) is 2.13. The van der Waals surface area contributed by atoms with E-state index < -0.39 is 5.60 Å². The van der Waals surface area contributed by atoms with Gasteiger partial charge in [0.1, 0.15) is 5.60 Å². The second-order valence-corrected chi connectivity index (χ2v) is 5.64. The first kappa shape index (κ1) is 15.4. The SMILES string of the molecule is CCC(C)CC(CN)CC(=O)OC(C)(C)C. The van der Waals surface area contributed by atoms with Gasteiger partial charge < -0.3 is 10.5 Å². The minimum absolute atomic E-state index is 0.133. The van der Waals surface area contributed by atoms with Gasteiger partial charge in [-0.3, -0.25) is 4.79 Å². The molecular weight excluding hydrogens is 202 g/mol. The zero-order valence-electron chi connectivity index (χ0n) is 11.4. The van der Waals surface area contributed by atoms with Gasteiger partial charge in [-0.1, -0.05) is 20.3 Å². The molecule has 0 amide bonds. The molecule has 0 aliphatic heterocycles. The maximum atomic E-state index is 11.6. The van der Waals surface area contributed by atoms with Gasteiger partial charge in [-0.15, -0.1) is 0 Å². The molecule has 0 radical (unpaired) electrons. The summed E-state index contributed by atoms with van der Waals surface area (Å²) in [4.78, 5) is 11.6. The van der Waals surface area contributed by atoms with Crippen molar-refractivity contribution in [3.05, 3.63) is 0 Å². The Kier molecular flexibility index (Phi) is 6.65. The van der Waals surface area contributed by atoms with Crippen LogP contribution in [-0.4, -0.2) is 18.1 Å². The molecule has 0 bridgehead atoms. The van der Waals surface area contributed by atoms with E-state index in [0.29, 0.717) is 18.9 Å². The molecule has 0 rings (SSSR count). The Morgan fingerprint density at radius 3 is 2.31 bits per heavy atom. The number of carbonyl (C=O) groups is 1. The Hall–Kier alpha value is -0.570. The first-order chi connectivity index (χ1) is 7.28. The lowest BCUT2D eigenvalue weighted by molar-refractivity contribution is -0.156. The van der Waals surface area contributed by atoms with Crippen LogP contribution in [0.2, 0.25) is 0 Å². The number of rotatable bonds is 6. The lowest BCUT2D eigenvalue weighted by Gasteiger charge is -2.22. The summed E-state index contributed by atoms with van der Waals surface area (Å²) in [6.07, 6.45) is 2.58. The van der Waals surface area contributed by atoms with E-state index in [2.05, 4.69) is 13.8 Å². The third-order valence-electron chi connectivity index (χ3n) is 2.64. The van der Waals surface area contributed by atoms with Gasteiger partial charge in [0, 0.05) is 6.42 Å². The van der Waals surface area contributed by atoms with Gasteiger partial charge in [0.25, 0.3) is 0 Å². The standard InChI is InChI=1S/C13H27NO2/c1-6-10(2)7-11(9-14)8-12(15)16-13(3,4)5/h10-11H,6-9,14H2,1-5H3. The number of ether oxygens (including phenoxy) is 1. The molecule has 0 aliphatic rings. The van der Waals surface area contributed by atoms with Crippen LogP contribution in [0.1, 0.15) is 53.9 Å². The fourth-order valence-corrected chi connectivity index (χ4v) is 1.62. The van der Waals surface area contributed by atoms with Gasteiger partial charge in [0.15, 0.2) is 0 Å². The Balaban J connectivity index is 4.07. The molecule has 0 saturated carbocycles. The molecule has 0 spiro atoms. The van der Waals surface area contributed by atoms with Crippen molar-refractivity contribution in [1.29, 1.82) is 0 Å². The predicted octanol–water partition coefficient (Wildman–Crippen LogP) is 2.73. The zero-order chi connectivity index (χ0) is 12.8. The van der Waals surface area contributed by atoms with Gasteiger partial charge in [0.05, 0.1) is 0 Å². The van der Waals surface area contributed by atoms with Gasteiger partial charge in [-0.05, 0) is 45.6 Å². The van der Waals surface area contributed by atoms with E-state index in [1.807, 2.05) is 20.8 Å². The third-order valence-corrected chi connectivity index (χ3v) is 2.64. The van der Waals surface area contributed by atoms with Crippen molar-refractivity contribution in [2.75, 3.05) is 6.54 Å². The highest BCUT2D eigenvalue weighted by molar-refractivity contribution is 5.70. The second-order valence-electron chi connectivity index (χ2n) is 5.64. The Morgan fingerprint density at radius 2 is 1.94 bits per heavy atom. The van der Waals surface area contributed by atoms with Crippen molar-refractivity contribution in [2.45, 2.75) is 59.5 Å². The summed E-state index contributed by atoms with van der Waals surface area (Å²) in [5.74, 6) is 0.743. The molecule has 2 unspecified atom stereocenters. The summed E-state index contributed by atoms with van der Waals surface area (Å²) in [5, 5.41) is 0. The summed E-state index contributed by atoms with van der Waals surface area (Å²) in [5.41, 5.74) is 5.28. The summed E-state index contributed by atoms with van der Waals surface area (Å²) < 4.78 is 5.29. The fraction of sp³-hybridized carbons (Fsp3) is 0.923. The van der Waals surface area contributed by atoms with Crippen molar-refractivity contribution >= 4 is 5.97 Å². The summed E-state index contributed by atoms with van der Waals surface area (Å²) in [6.45, 7) is 10.6. The van der Waals surface area contributed by atoms with Crippen LogP contribution in [0.25, 0.3) is 0 Å². The lowest BCUT2D eigenvalue weighted by atomic mass is 9.91. The monoisotopic (exact) mass is 229 g/mol. The lowest BCUT2D eigenvalue weighted by Crippen LogP contribution is -2.27. The van der Waals surface area contributed by atoms with Crippen molar-refractivity contribution in [3.63, 3.8) is 0 Å². The quantitative estimate of drug-likeness (QED) is 0.712. The van der Waals surface area contributed by atoms with Crippen LogP contribution in [0.15, 0.2) is 0 Å². The van der Waals surface area contributed by atoms with Crippen LogP contribution in [-0.2, 0) is 9.53 Å². The number of esters is 1. The molecule has 0 aromatic carbocycles. The summed E-state index contributed by atoms with van der Waals surface area (Å²) >= 11 is 0. The third kappa shape index (κ3) is 7.69. The minimum Gasteiger partial charge on any atom is -0.460 e. The van der Waals surface area contributed by atoms with Crippen LogP contribution >= 0.6 is 0 Å². The predicted molar refractivity (Wildman–Crippen MR) is 67.1 cm³/mol. The summed E-state index contributed by atoms with van der Waals surface area (Å²) in [7, 11) is 0. The molecule has 0 aromatic rings. The molecular formula is C13H27NO2. The highest BCUT2D eigenvalue weighted by Crippen LogP contribution is 2.19. The Morgan fingerprint density at radius 1 is 1.38 bits per heavy atom. The molecule has 0 fully saturated rings. The van der Waals surface area contributed by atoms with E-state index in [-0.39, 0.29) is 11.9 Å². The van der Waals surface area contributed by atoms with Gasteiger partial charge in [-0.2, -0.15) is 0 Å². The highest BCUT2D eigenvalue weighted by atomic mass is 16.6. The second kappa shape index (κ2) is 6.89. The summed E-state index contributed by atoms with van der Waals surface area (Å²) in [6, 6.07) is 0. The van der Waals surface area contributed by atoms with Crippen molar-refractivity contribution in [3.8, 4) is 0 Å². The van der Waals surface area contributed by atoms with Crippen LogP contribution in [0.4, 0.5) is 0 Å². The number of hydrogen-bond donors (Lipinski definition) is 1. The van der Waals surface area contributed by atoms with Crippen molar-refractivity contribution in [2.24, 2.45) is 17.6 Å². The maximum Gasteiger partial charge on any atom is 0.306 e. The van der Waals surface area contributed by atoms with Crippen LogP contribution in [0.5, 0.6) is 0 Å². The molecule has 16 heavy (non-hydrogen) atoms. The number of carbonyl (C=O) groups excluding carboxylic acids is 1. The number of nitrogens with two attached hydrogens (primary N) is 1. The number of hydrogen-bond acceptors (Lipinski definition) is 3. The van der Waals surface area contributed by atoms with Crippen molar-refractivity contribution in [1.82, 2.24) is 0 Å². The molecule has 3 nitrogen and oxygen atoms in total. The molecule has 3 heteroatoms. The molecule has 0 aliphatic carbocycles. The molecule has 2 atom stereocenters. The normalized spacial score (nSPS) is 15.6. The smallest absolute Gasteiger partial charge is 0.306 e. The van der Waals surface area contributed by atoms with E-state index >= 15 is 0 Å². The van der Waals surface area contributed by atoms with E-state index in [1.165, 1.54) is 0 Å². The van der Waals surface area contributed by atoms with Crippen LogP contribution < -0.4 is 5.73 Å². The average molecular weight is 229 g/mol. The van der Waals surface area contributed by atoms with Crippen LogP contribution in [0, 0.1) is 11.8 Å². The van der Waals surface area contributed by atoms with Gasteiger partial charge in [0.2, 0.25) is 0 Å². The highest BCUT2D eigenvalue weighted by Gasteiger charge is 2.20. The maximum absolute atomic E-state index is 11.6. The minimum atomic E-state index is -0.396. The largest absolute Gasteiger partial charge is 0.460 e. The molecule has 0 saturated heterocycles. The zero-order valence-corrected chi connectivity index (χ0v) is 11.4. The molecule has 2 N–H and O–H groups in total. The van der Waals surface area contributed by atoms with E-state index in [0.717, 1.165) is 12.8 Å². The van der Waals surface area contributed by atoms with E-state index in [9.17, 15) is 4.79 Å². The fourth-order valence-electron chi connectivity index (χ4n) is 1.62. The molecule has 96 valence electrons. The van der Waals surface area contributed by atoms with Gasteiger partial charge >= 0.3 is 5.97 Å². The van der Waals surface area contributed by atoms with Crippen LogP contribution in [0.3, 0.4) is 0 Å². The van der Waals surface area contributed by atoms with E-state index in [4.69, 9.17) is 10.5 Å². The Labute approximate surface area is 99.7 Å². The molecule has 0 aromatic heterocycles. The van der Waals surface area contributed by atoms with Crippen molar-refractivity contribution < 1.29 is 9.53 Å².